The molecular formula is C26H26N2O3. The van der Waals surface area contributed by atoms with Gasteiger partial charge in [0.2, 0.25) is 0 Å². The van der Waals surface area contributed by atoms with Gasteiger partial charge in [0.05, 0.1) is 6.04 Å². The van der Waals surface area contributed by atoms with Crippen LogP contribution in [-0.4, -0.2) is 10.5 Å². The van der Waals surface area contributed by atoms with E-state index in [-0.39, 0.29) is 24.3 Å². The monoisotopic (exact) mass is 414 g/mol. The molecule has 0 saturated heterocycles. The highest BCUT2D eigenvalue weighted by Gasteiger charge is 2.16. The second-order valence-electron chi connectivity index (χ2n) is 7.65. The lowest BCUT2D eigenvalue weighted by Gasteiger charge is -2.14. The van der Waals surface area contributed by atoms with Gasteiger partial charge in [-0.25, -0.2) is 0 Å². The molecule has 2 heterocycles. The maximum absolute atomic E-state index is 12.6. The summed E-state index contributed by atoms with van der Waals surface area (Å²) in [5.74, 6) is 1.48. The third kappa shape index (κ3) is 4.72. The van der Waals surface area contributed by atoms with Crippen molar-refractivity contribution in [1.82, 2.24) is 9.88 Å². The first-order valence-corrected chi connectivity index (χ1v) is 10.3. The lowest BCUT2D eigenvalue weighted by Crippen LogP contribution is -2.26. The summed E-state index contributed by atoms with van der Waals surface area (Å²) in [5.41, 5.74) is 4.24. The maximum atomic E-state index is 12.6. The molecular weight excluding hydrogens is 388 g/mol. The SMILES string of the molecule is Cc1cccc(C)c1OCc1ccc(C(=O)NC(C)c2ccc(-n3cccc3)cc2)o1. The van der Waals surface area contributed by atoms with Gasteiger partial charge in [0, 0.05) is 18.1 Å². The van der Waals surface area contributed by atoms with E-state index < -0.39 is 0 Å². The van der Waals surface area contributed by atoms with Gasteiger partial charge in [0.1, 0.15) is 18.1 Å². The number of furan rings is 1. The zero-order valence-corrected chi connectivity index (χ0v) is 18.0. The summed E-state index contributed by atoms with van der Waals surface area (Å²) < 4.78 is 13.7. The number of carbonyl (C=O) groups excluding carboxylic acids is 1. The minimum absolute atomic E-state index is 0.148. The molecule has 5 nitrogen and oxygen atoms in total. The number of aryl methyl sites for hydroxylation is 2. The zero-order chi connectivity index (χ0) is 21.8. The molecule has 158 valence electrons. The van der Waals surface area contributed by atoms with Crippen LogP contribution < -0.4 is 10.1 Å². The van der Waals surface area contributed by atoms with Crippen molar-refractivity contribution in [3.8, 4) is 11.4 Å². The number of amides is 1. The van der Waals surface area contributed by atoms with E-state index in [1.54, 1.807) is 12.1 Å². The second kappa shape index (κ2) is 8.96. The smallest absolute Gasteiger partial charge is 0.287 e. The van der Waals surface area contributed by atoms with Crippen molar-refractivity contribution in [2.75, 3.05) is 0 Å². The number of benzene rings is 2. The molecule has 0 bridgehead atoms. The van der Waals surface area contributed by atoms with Crippen LogP contribution in [0.25, 0.3) is 5.69 Å². The number of rotatable bonds is 7. The quantitative estimate of drug-likeness (QED) is 0.418. The number of aromatic nitrogens is 1. The first kappa shape index (κ1) is 20.5. The van der Waals surface area contributed by atoms with Gasteiger partial charge in [0.15, 0.2) is 5.76 Å². The van der Waals surface area contributed by atoms with E-state index >= 15 is 0 Å². The van der Waals surface area contributed by atoms with E-state index in [2.05, 4.69) is 5.32 Å². The Hall–Kier alpha value is -3.73. The molecule has 31 heavy (non-hydrogen) atoms. The van der Waals surface area contributed by atoms with Crippen LogP contribution in [0.5, 0.6) is 5.75 Å². The van der Waals surface area contributed by atoms with Crippen LogP contribution in [0.1, 0.15) is 46.0 Å². The summed E-state index contributed by atoms with van der Waals surface area (Å²) in [6.45, 7) is 6.25. The average molecular weight is 415 g/mol. The Balaban J connectivity index is 1.36. The molecule has 0 saturated carbocycles. The molecule has 4 rings (SSSR count). The first-order valence-electron chi connectivity index (χ1n) is 10.3. The zero-order valence-electron chi connectivity index (χ0n) is 18.0. The van der Waals surface area contributed by atoms with Gasteiger partial charge in [0.25, 0.3) is 5.91 Å². The van der Waals surface area contributed by atoms with Gasteiger partial charge in [-0.3, -0.25) is 4.79 Å². The van der Waals surface area contributed by atoms with Crippen molar-refractivity contribution in [2.24, 2.45) is 0 Å². The second-order valence-corrected chi connectivity index (χ2v) is 7.65. The maximum Gasteiger partial charge on any atom is 0.287 e. The van der Waals surface area contributed by atoms with E-state index in [9.17, 15) is 4.79 Å². The number of carbonyl (C=O) groups is 1. The average Bonchev–Trinajstić information content (AvgIpc) is 3.46. The fraction of sp³-hybridized carbons (Fsp3) is 0.192. The first-order chi connectivity index (χ1) is 15.0. The Labute approximate surface area is 182 Å². The molecule has 0 aliphatic carbocycles. The van der Waals surface area contributed by atoms with E-state index in [4.69, 9.17) is 9.15 Å². The highest BCUT2D eigenvalue weighted by Crippen LogP contribution is 2.24. The Bertz CT molecular complexity index is 1140. The number of hydrogen-bond acceptors (Lipinski definition) is 3. The lowest BCUT2D eigenvalue weighted by molar-refractivity contribution is 0.0907. The van der Waals surface area contributed by atoms with Crippen LogP contribution in [0.15, 0.2) is 83.5 Å². The number of ether oxygens (including phenoxy) is 1. The largest absolute Gasteiger partial charge is 0.485 e. The van der Waals surface area contributed by atoms with Crippen LogP contribution in [0.3, 0.4) is 0 Å². The normalized spacial score (nSPS) is 11.8. The predicted octanol–water partition coefficient (Wildman–Crippen LogP) is 5.76. The van der Waals surface area contributed by atoms with E-state index in [0.29, 0.717) is 5.76 Å². The Morgan fingerprint density at radius 3 is 2.32 bits per heavy atom. The lowest BCUT2D eigenvalue weighted by atomic mass is 10.1. The highest BCUT2D eigenvalue weighted by atomic mass is 16.5. The molecule has 2 aromatic heterocycles. The van der Waals surface area contributed by atoms with Gasteiger partial charge in [-0.1, -0.05) is 30.3 Å². The van der Waals surface area contributed by atoms with Crippen molar-refractivity contribution in [3.63, 3.8) is 0 Å². The van der Waals surface area contributed by atoms with Crippen molar-refractivity contribution in [2.45, 2.75) is 33.4 Å². The van der Waals surface area contributed by atoms with Crippen molar-refractivity contribution >= 4 is 5.91 Å². The van der Waals surface area contributed by atoms with Crippen molar-refractivity contribution < 1.29 is 13.9 Å². The van der Waals surface area contributed by atoms with Crippen molar-refractivity contribution in [3.05, 3.63) is 107 Å². The van der Waals surface area contributed by atoms with E-state index in [1.165, 1.54) is 0 Å². The van der Waals surface area contributed by atoms with E-state index in [0.717, 1.165) is 28.1 Å². The van der Waals surface area contributed by atoms with Crippen LogP contribution in [-0.2, 0) is 6.61 Å². The Morgan fingerprint density at radius 2 is 1.65 bits per heavy atom. The van der Waals surface area contributed by atoms with Gasteiger partial charge in [-0.15, -0.1) is 0 Å². The van der Waals surface area contributed by atoms with Gasteiger partial charge < -0.3 is 19.0 Å². The molecule has 0 radical (unpaired) electrons. The third-order valence-electron chi connectivity index (χ3n) is 5.30. The fourth-order valence-corrected chi connectivity index (χ4v) is 3.54. The number of para-hydroxylation sites is 1. The summed E-state index contributed by atoms with van der Waals surface area (Å²) in [5, 5.41) is 2.99. The fourth-order valence-electron chi connectivity index (χ4n) is 3.54. The van der Waals surface area contributed by atoms with Crippen LogP contribution in [0.2, 0.25) is 0 Å². The Kier molecular flexibility index (Phi) is 5.94. The standard InChI is InChI=1S/C26H26N2O3/c1-18-7-6-8-19(2)25(18)30-17-23-13-14-24(31-23)26(29)27-20(3)21-9-11-22(12-10-21)28-15-4-5-16-28/h4-16,20H,17H2,1-3H3,(H,27,29). The van der Waals surface area contributed by atoms with Crippen molar-refractivity contribution in [1.29, 1.82) is 0 Å². The predicted molar refractivity (Wildman–Crippen MR) is 121 cm³/mol. The Morgan fingerprint density at radius 1 is 0.968 bits per heavy atom. The molecule has 1 amide bonds. The van der Waals surface area contributed by atoms with E-state index in [1.807, 2.05) is 92.3 Å². The summed E-state index contributed by atoms with van der Waals surface area (Å²) in [7, 11) is 0. The minimum atomic E-state index is -0.250. The molecule has 4 aromatic rings. The summed E-state index contributed by atoms with van der Waals surface area (Å²) in [6.07, 6.45) is 4.00. The van der Waals surface area contributed by atoms with Crippen LogP contribution >= 0.6 is 0 Å². The summed E-state index contributed by atoms with van der Waals surface area (Å²) >= 11 is 0. The summed E-state index contributed by atoms with van der Waals surface area (Å²) in [4.78, 5) is 12.6. The molecule has 0 aliphatic rings. The van der Waals surface area contributed by atoms with Gasteiger partial charge in [-0.2, -0.15) is 0 Å². The highest BCUT2D eigenvalue weighted by molar-refractivity contribution is 5.91. The molecule has 1 atom stereocenters. The van der Waals surface area contributed by atoms with Gasteiger partial charge in [-0.05, 0) is 73.9 Å². The molecule has 1 unspecified atom stereocenters. The van der Waals surface area contributed by atoms with Crippen LogP contribution in [0.4, 0.5) is 0 Å². The molecule has 0 aliphatic heterocycles. The van der Waals surface area contributed by atoms with Gasteiger partial charge >= 0.3 is 0 Å². The number of nitrogens with one attached hydrogen (secondary N) is 1. The molecule has 0 spiro atoms. The molecule has 2 aromatic carbocycles. The molecule has 0 fully saturated rings. The third-order valence-corrected chi connectivity index (χ3v) is 5.30. The summed E-state index contributed by atoms with van der Waals surface area (Å²) in [6, 6.07) is 21.4. The number of hydrogen-bond donors (Lipinski definition) is 1. The molecule has 1 N–H and O–H groups in total. The van der Waals surface area contributed by atoms with Crippen LogP contribution in [0, 0.1) is 13.8 Å². The molecule has 5 heteroatoms. The minimum Gasteiger partial charge on any atom is -0.485 e. The number of nitrogens with zero attached hydrogens (tertiary/aromatic N) is 1. The topological polar surface area (TPSA) is 56.4 Å².